The summed E-state index contributed by atoms with van der Waals surface area (Å²) < 4.78 is 5.10. The summed E-state index contributed by atoms with van der Waals surface area (Å²) in [6.07, 6.45) is 1.59. The average Bonchev–Trinajstić information content (AvgIpc) is 2.50. The van der Waals surface area contributed by atoms with Crippen LogP contribution in [0.2, 0.25) is 0 Å². The van der Waals surface area contributed by atoms with E-state index in [2.05, 4.69) is 0 Å². The zero-order chi connectivity index (χ0) is 13.8. The second-order valence-electron chi connectivity index (χ2n) is 5.03. The molecule has 19 heavy (non-hydrogen) atoms. The van der Waals surface area contributed by atoms with Gasteiger partial charge in [0.2, 0.25) is 0 Å². The molecule has 0 aliphatic carbocycles. The quantitative estimate of drug-likeness (QED) is 0.782. The van der Waals surface area contributed by atoms with E-state index in [-0.39, 0.29) is 24.5 Å². The van der Waals surface area contributed by atoms with Crippen LogP contribution in [0.5, 0.6) is 0 Å². The van der Waals surface area contributed by atoms with Gasteiger partial charge in [0.05, 0.1) is 6.10 Å². The Bertz CT molecular complexity index is 482. The number of hydrogen-bond donors (Lipinski definition) is 0. The third-order valence-electron chi connectivity index (χ3n) is 3.10. The van der Waals surface area contributed by atoms with E-state index in [1.54, 1.807) is 18.7 Å². The van der Waals surface area contributed by atoms with Crippen molar-refractivity contribution in [3.05, 3.63) is 35.4 Å². The minimum absolute atomic E-state index is 0.0331. The summed E-state index contributed by atoms with van der Waals surface area (Å²) in [6, 6.07) is 7.59. The Morgan fingerprint density at radius 1 is 1.37 bits per heavy atom. The van der Waals surface area contributed by atoms with Crippen molar-refractivity contribution < 1.29 is 14.3 Å². The molecule has 1 aromatic carbocycles. The van der Waals surface area contributed by atoms with Gasteiger partial charge in [0.25, 0.3) is 5.91 Å². The third kappa shape index (κ3) is 3.34. The minimum atomic E-state index is -0.345. The number of ether oxygens (including phenoxy) is 1. The van der Waals surface area contributed by atoms with E-state index in [1.165, 1.54) is 0 Å². The van der Waals surface area contributed by atoms with Crippen LogP contribution in [0.3, 0.4) is 0 Å². The molecule has 0 fully saturated rings. The number of esters is 1. The van der Waals surface area contributed by atoms with Gasteiger partial charge in [0, 0.05) is 12.1 Å². The van der Waals surface area contributed by atoms with Crippen LogP contribution in [0.1, 0.15) is 36.2 Å². The van der Waals surface area contributed by atoms with Gasteiger partial charge < -0.3 is 9.64 Å². The maximum Gasteiger partial charge on any atom is 0.325 e. The van der Waals surface area contributed by atoms with Crippen molar-refractivity contribution in [1.29, 1.82) is 0 Å². The van der Waals surface area contributed by atoms with Gasteiger partial charge in [-0.3, -0.25) is 9.59 Å². The maximum absolute atomic E-state index is 12.4. The summed E-state index contributed by atoms with van der Waals surface area (Å²) in [5.74, 6) is -0.420. The topological polar surface area (TPSA) is 46.6 Å². The highest BCUT2D eigenvalue weighted by Gasteiger charge is 2.24. The van der Waals surface area contributed by atoms with Crippen LogP contribution in [-0.4, -0.2) is 36.0 Å². The Morgan fingerprint density at radius 2 is 2.11 bits per heavy atom. The van der Waals surface area contributed by atoms with Gasteiger partial charge in [-0.25, -0.2) is 0 Å². The van der Waals surface area contributed by atoms with Crippen LogP contribution < -0.4 is 0 Å². The summed E-state index contributed by atoms with van der Waals surface area (Å²) in [4.78, 5) is 25.6. The Balaban J connectivity index is 2.11. The van der Waals surface area contributed by atoms with Crippen molar-refractivity contribution >= 4 is 11.9 Å². The van der Waals surface area contributed by atoms with Crippen LogP contribution in [0.15, 0.2) is 24.3 Å². The molecule has 1 aromatic rings. The van der Waals surface area contributed by atoms with Gasteiger partial charge in [0.1, 0.15) is 6.54 Å². The van der Waals surface area contributed by atoms with E-state index in [1.807, 2.05) is 24.3 Å². The molecule has 0 unspecified atom stereocenters. The molecule has 0 saturated heterocycles. The third-order valence-corrected chi connectivity index (χ3v) is 3.10. The monoisotopic (exact) mass is 261 g/mol. The number of carbonyl (C=O) groups is 2. The fraction of sp³-hybridized carbons (Fsp3) is 0.467. The second-order valence-corrected chi connectivity index (χ2v) is 5.03. The van der Waals surface area contributed by atoms with Crippen molar-refractivity contribution in [2.24, 2.45) is 0 Å². The summed E-state index contributed by atoms with van der Waals surface area (Å²) in [5.41, 5.74) is 1.77. The van der Waals surface area contributed by atoms with Crippen LogP contribution in [0, 0.1) is 0 Å². The molecule has 0 saturated carbocycles. The molecular weight excluding hydrogens is 242 g/mol. The molecule has 0 radical (unpaired) electrons. The number of rotatable bonds is 3. The lowest BCUT2D eigenvalue weighted by atomic mass is 10.0. The normalized spacial score (nSPS) is 15.1. The first-order valence-electron chi connectivity index (χ1n) is 6.64. The fourth-order valence-electron chi connectivity index (χ4n) is 2.29. The molecule has 2 rings (SSSR count). The molecular formula is C15H19NO3. The minimum Gasteiger partial charge on any atom is -0.462 e. The summed E-state index contributed by atoms with van der Waals surface area (Å²) >= 11 is 0. The highest BCUT2D eigenvalue weighted by Crippen LogP contribution is 2.18. The van der Waals surface area contributed by atoms with E-state index in [4.69, 9.17) is 4.74 Å². The predicted octanol–water partition coefficient (Wildman–Crippen LogP) is 2.03. The zero-order valence-corrected chi connectivity index (χ0v) is 11.4. The van der Waals surface area contributed by atoms with Crippen molar-refractivity contribution in [2.45, 2.75) is 32.8 Å². The first kappa shape index (κ1) is 13.6. The number of aryl methyl sites for hydroxylation is 1. The molecule has 4 heteroatoms. The van der Waals surface area contributed by atoms with Gasteiger partial charge >= 0.3 is 5.97 Å². The average molecular weight is 261 g/mol. The predicted molar refractivity (Wildman–Crippen MR) is 71.9 cm³/mol. The Morgan fingerprint density at radius 3 is 2.84 bits per heavy atom. The van der Waals surface area contributed by atoms with Gasteiger partial charge in [-0.2, -0.15) is 0 Å². The molecule has 0 bridgehead atoms. The van der Waals surface area contributed by atoms with Crippen molar-refractivity contribution in [1.82, 2.24) is 4.90 Å². The lowest BCUT2D eigenvalue weighted by molar-refractivity contribution is -0.148. The molecule has 1 amide bonds. The molecule has 0 N–H and O–H groups in total. The van der Waals surface area contributed by atoms with Gasteiger partial charge in [0.15, 0.2) is 0 Å². The highest BCUT2D eigenvalue weighted by molar-refractivity contribution is 5.97. The highest BCUT2D eigenvalue weighted by atomic mass is 16.5. The molecule has 1 aliphatic rings. The van der Waals surface area contributed by atoms with Gasteiger partial charge in [-0.15, -0.1) is 0 Å². The second kappa shape index (κ2) is 5.87. The van der Waals surface area contributed by atoms with Crippen LogP contribution in [-0.2, 0) is 16.0 Å². The lowest BCUT2D eigenvalue weighted by Gasteiger charge is -2.20. The summed E-state index contributed by atoms with van der Waals surface area (Å²) in [5, 5.41) is 0. The number of nitrogens with zero attached hydrogens (tertiary/aromatic N) is 1. The van der Waals surface area contributed by atoms with Gasteiger partial charge in [-0.05, 0) is 38.3 Å². The fourth-order valence-corrected chi connectivity index (χ4v) is 2.29. The van der Waals surface area contributed by atoms with E-state index < -0.39 is 0 Å². The smallest absolute Gasteiger partial charge is 0.325 e. The molecule has 0 atom stereocenters. The van der Waals surface area contributed by atoms with E-state index in [9.17, 15) is 9.59 Å². The van der Waals surface area contributed by atoms with Crippen LogP contribution >= 0.6 is 0 Å². The Hall–Kier alpha value is -1.84. The standard InChI is InChI=1S/C15H19NO3/c1-11(2)19-14(17)10-16-9-5-7-12-6-3-4-8-13(12)15(16)18/h3-4,6,8,11H,5,7,9-10H2,1-2H3. The lowest BCUT2D eigenvalue weighted by Crippen LogP contribution is -2.37. The number of amides is 1. The SMILES string of the molecule is CC(C)OC(=O)CN1CCCc2ccccc2C1=O. The summed E-state index contributed by atoms with van der Waals surface area (Å²) in [7, 11) is 0. The van der Waals surface area contributed by atoms with Crippen LogP contribution in [0.4, 0.5) is 0 Å². The molecule has 1 aliphatic heterocycles. The van der Waals surface area contributed by atoms with Crippen molar-refractivity contribution in [3.63, 3.8) is 0 Å². The largest absolute Gasteiger partial charge is 0.462 e. The van der Waals surface area contributed by atoms with Crippen molar-refractivity contribution in [2.75, 3.05) is 13.1 Å². The van der Waals surface area contributed by atoms with E-state index in [0.717, 1.165) is 18.4 Å². The number of hydrogen-bond acceptors (Lipinski definition) is 3. The molecule has 1 heterocycles. The molecule has 102 valence electrons. The van der Waals surface area contributed by atoms with Gasteiger partial charge in [-0.1, -0.05) is 18.2 Å². The van der Waals surface area contributed by atoms with Crippen LogP contribution in [0.25, 0.3) is 0 Å². The number of benzene rings is 1. The number of fused-ring (bicyclic) bond motifs is 1. The van der Waals surface area contributed by atoms with E-state index >= 15 is 0 Å². The number of carbonyl (C=O) groups excluding carboxylic acids is 2. The zero-order valence-electron chi connectivity index (χ0n) is 11.4. The maximum atomic E-state index is 12.4. The molecule has 4 nitrogen and oxygen atoms in total. The molecule has 0 spiro atoms. The first-order chi connectivity index (χ1) is 9.08. The molecule has 0 aromatic heterocycles. The van der Waals surface area contributed by atoms with Crippen molar-refractivity contribution in [3.8, 4) is 0 Å². The first-order valence-corrected chi connectivity index (χ1v) is 6.64. The van der Waals surface area contributed by atoms with E-state index in [0.29, 0.717) is 12.1 Å². The Kier molecular flexibility index (Phi) is 4.20. The summed E-state index contributed by atoms with van der Waals surface area (Å²) in [6.45, 7) is 4.24. The Labute approximate surface area is 113 Å².